The molecule has 4 aromatic rings. The second-order valence-electron chi connectivity index (χ2n) is 8.47. The molecule has 0 saturated carbocycles. The summed E-state index contributed by atoms with van der Waals surface area (Å²) in [6.45, 7) is 3.99. The van der Waals surface area contributed by atoms with E-state index in [-0.39, 0.29) is 23.7 Å². The van der Waals surface area contributed by atoms with Crippen LogP contribution < -0.4 is 25.0 Å². The molecule has 0 atom stereocenters. The van der Waals surface area contributed by atoms with Crippen LogP contribution in [0.25, 0.3) is 22.3 Å². The van der Waals surface area contributed by atoms with Crippen LogP contribution in [0, 0.1) is 13.8 Å². The van der Waals surface area contributed by atoms with E-state index in [0.29, 0.717) is 46.8 Å². The van der Waals surface area contributed by atoms with Gasteiger partial charge in [-0.15, -0.1) is 0 Å². The summed E-state index contributed by atoms with van der Waals surface area (Å²) in [5, 5.41) is 3.25. The number of rotatable bonds is 9. The molecule has 0 unspecified atom stereocenters. The molecule has 186 valence electrons. The third-order valence-corrected chi connectivity index (χ3v) is 6.03. The maximum Gasteiger partial charge on any atom is 0.257 e. The molecule has 0 bridgehead atoms. The average Bonchev–Trinajstić information content (AvgIpc) is 2.89. The fourth-order valence-electron chi connectivity index (χ4n) is 3.92. The molecule has 0 aliphatic heterocycles. The number of hydrogen-bond acceptors (Lipinski definition) is 6. The summed E-state index contributed by atoms with van der Waals surface area (Å²) < 4.78 is 22.5. The largest absolute Gasteiger partial charge is 0.493 e. The van der Waals surface area contributed by atoms with Crippen LogP contribution in [0.15, 0.2) is 69.9 Å². The van der Waals surface area contributed by atoms with Crippen molar-refractivity contribution in [3.63, 3.8) is 0 Å². The van der Waals surface area contributed by atoms with Crippen molar-refractivity contribution >= 4 is 16.9 Å². The molecule has 1 amide bonds. The van der Waals surface area contributed by atoms with Gasteiger partial charge in [0.15, 0.2) is 23.9 Å². The number of carbonyl (C=O) groups is 1. The monoisotopic (exact) mass is 487 g/mol. The van der Waals surface area contributed by atoms with Gasteiger partial charge in [0.2, 0.25) is 11.2 Å². The zero-order chi connectivity index (χ0) is 25.7. The first-order valence-electron chi connectivity index (χ1n) is 11.6. The van der Waals surface area contributed by atoms with Crippen molar-refractivity contribution in [2.24, 2.45) is 0 Å². The highest BCUT2D eigenvalue weighted by atomic mass is 16.5. The van der Waals surface area contributed by atoms with Crippen LogP contribution in [0.2, 0.25) is 0 Å². The standard InChI is InChI=1S/C29H29NO6/c1-18-14-22-24(15-19(18)2)36-28(21-8-6-5-7-9-21)29(27(22)32)35-17-26(31)30-13-12-20-10-11-23(33-3)25(16-20)34-4/h5-11,14-16H,12-13,17H2,1-4H3,(H,30,31). The number of benzene rings is 3. The molecule has 0 fully saturated rings. The van der Waals surface area contributed by atoms with E-state index in [2.05, 4.69) is 5.32 Å². The minimum absolute atomic E-state index is 0.0204. The molecule has 0 aliphatic rings. The molecule has 1 N–H and O–H groups in total. The number of carbonyl (C=O) groups excluding carboxylic acids is 1. The fourth-order valence-corrected chi connectivity index (χ4v) is 3.92. The van der Waals surface area contributed by atoms with Crippen molar-refractivity contribution in [1.82, 2.24) is 5.32 Å². The molecule has 7 nitrogen and oxygen atoms in total. The predicted octanol–water partition coefficient (Wildman–Crippen LogP) is 4.83. The average molecular weight is 488 g/mol. The van der Waals surface area contributed by atoms with E-state index < -0.39 is 0 Å². The highest BCUT2D eigenvalue weighted by Crippen LogP contribution is 2.32. The van der Waals surface area contributed by atoms with Crippen LogP contribution in [0.4, 0.5) is 0 Å². The van der Waals surface area contributed by atoms with Gasteiger partial charge in [0.25, 0.3) is 5.91 Å². The van der Waals surface area contributed by atoms with E-state index in [1.54, 1.807) is 20.3 Å². The Hall–Kier alpha value is -4.26. The maximum atomic E-state index is 13.4. The zero-order valence-corrected chi connectivity index (χ0v) is 20.8. The zero-order valence-electron chi connectivity index (χ0n) is 20.8. The minimum Gasteiger partial charge on any atom is -0.493 e. The van der Waals surface area contributed by atoms with Crippen molar-refractivity contribution in [2.45, 2.75) is 20.3 Å². The van der Waals surface area contributed by atoms with Crippen LogP contribution in [0.3, 0.4) is 0 Å². The van der Waals surface area contributed by atoms with Crippen LogP contribution >= 0.6 is 0 Å². The predicted molar refractivity (Wildman–Crippen MR) is 139 cm³/mol. The van der Waals surface area contributed by atoms with Gasteiger partial charge in [0.1, 0.15) is 5.58 Å². The molecule has 3 aromatic carbocycles. The van der Waals surface area contributed by atoms with Gasteiger partial charge in [0, 0.05) is 12.1 Å². The maximum absolute atomic E-state index is 13.4. The van der Waals surface area contributed by atoms with Crippen molar-refractivity contribution in [3.05, 3.63) is 87.6 Å². The first-order chi connectivity index (χ1) is 17.4. The minimum atomic E-state index is -0.339. The Morgan fingerprint density at radius 3 is 2.36 bits per heavy atom. The van der Waals surface area contributed by atoms with Crippen molar-refractivity contribution in [1.29, 1.82) is 0 Å². The van der Waals surface area contributed by atoms with E-state index in [0.717, 1.165) is 16.7 Å². The second kappa shape index (κ2) is 11.0. The van der Waals surface area contributed by atoms with E-state index in [4.69, 9.17) is 18.6 Å². The van der Waals surface area contributed by atoms with Gasteiger partial charge < -0.3 is 23.9 Å². The molecule has 36 heavy (non-hydrogen) atoms. The van der Waals surface area contributed by atoms with E-state index in [1.165, 1.54) is 0 Å². The topological polar surface area (TPSA) is 87.0 Å². The first kappa shape index (κ1) is 24.9. The lowest BCUT2D eigenvalue weighted by atomic mass is 10.0. The number of aryl methyl sites for hydroxylation is 2. The number of ether oxygens (including phenoxy) is 3. The molecule has 0 aliphatic carbocycles. The first-order valence-corrected chi connectivity index (χ1v) is 11.6. The molecule has 0 radical (unpaired) electrons. The lowest BCUT2D eigenvalue weighted by Gasteiger charge is -2.13. The summed E-state index contributed by atoms with van der Waals surface area (Å²) in [6, 6.07) is 18.5. The summed E-state index contributed by atoms with van der Waals surface area (Å²) in [6.07, 6.45) is 0.595. The molecule has 0 spiro atoms. The fraction of sp³-hybridized carbons (Fsp3) is 0.241. The Labute approximate surface area is 209 Å². The quantitative estimate of drug-likeness (QED) is 0.364. The summed E-state index contributed by atoms with van der Waals surface area (Å²) >= 11 is 0. The normalized spacial score (nSPS) is 10.8. The number of methoxy groups -OCH3 is 2. The summed E-state index contributed by atoms with van der Waals surface area (Å²) in [5.41, 5.74) is 3.85. The van der Waals surface area contributed by atoms with Gasteiger partial charge in [-0.25, -0.2) is 0 Å². The molecule has 0 saturated heterocycles. The summed E-state index contributed by atoms with van der Waals surface area (Å²) in [4.78, 5) is 25.9. The van der Waals surface area contributed by atoms with Gasteiger partial charge in [-0.3, -0.25) is 9.59 Å². The molecular weight excluding hydrogens is 458 g/mol. The Balaban J connectivity index is 1.50. The third-order valence-electron chi connectivity index (χ3n) is 6.03. The molecule has 1 aromatic heterocycles. The molecule has 1 heterocycles. The molecular formula is C29H29NO6. The Morgan fingerprint density at radius 2 is 1.64 bits per heavy atom. The SMILES string of the molecule is COc1ccc(CCNC(=O)COc2c(-c3ccccc3)oc3cc(C)c(C)cc3c2=O)cc1OC. The lowest BCUT2D eigenvalue weighted by molar-refractivity contribution is -0.123. The summed E-state index contributed by atoms with van der Waals surface area (Å²) in [5.74, 6) is 1.26. The highest BCUT2D eigenvalue weighted by molar-refractivity contribution is 5.84. The molecule has 7 heteroatoms. The van der Waals surface area contributed by atoms with Gasteiger partial charge in [0.05, 0.1) is 19.6 Å². The van der Waals surface area contributed by atoms with E-state index in [1.807, 2.05) is 68.4 Å². The van der Waals surface area contributed by atoms with Crippen LogP contribution in [0.1, 0.15) is 16.7 Å². The molecule has 4 rings (SSSR count). The Bertz CT molecular complexity index is 1440. The number of nitrogens with one attached hydrogen (secondary N) is 1. The van der Waals surface area contributed by atoms with Crippen molar-refractivity contribution < 1.29 is 23.4 Å². The van der Waals surface area contributed by atoms with Crippen LogP contribution in [-0.2, 0) is 11.2 Å². The van der Waals surface area contributed by atoms with Gasteiger partial charge in [-0.1, -0.05) is 36.4 Å². The highest BCUT2D eigenvalue weighted by Gasteiger charge is 2.19. The smallest absolute Gasteiger partial charge is 0.257 e. The van der Waals surface area contributed by atoms with Gasteiger partial charge >= 0.3 is 0 Å². The van der Waals surface area contributed by atoms with Crippen molar-refractivity contribution in [3.8, 4) is 28.6 Å². The van der Waals surface area contributed by atoms with Crippen molar-refractivity contribution in [2.75, 3.05) is 27.4 Å². The lowest BCUT2D eigenvalue weighted by Crippen LogP contribution is -2.31. The van der Waals surface area contributed by atoms with Crippen LogP contribution in [0.5, 0.6) is 17.2 Å². The second-order valence-corrected chi connectivity index (χ2v) is 8.47. The summed E-state index contributed by atoms with van der Waals surface area (Å²) in [7, 11) is 3.16. The van der Waals surface area contributed by atoms with Crippen LogP contribution in [-0.4, -0.2) is 33.3 Å². The van der Waals surface area contributed by atoms with Gasteiger partial charge in [-0.05, 0) is 61.2 Å². The Kier molecular flexibility index (Phi) is 7.59. The Morgan fingerprint density at radius 1 is 0.917 bits per heavy atom. The number of amides is 1. The number of fused-ring (bicyclic) bond motifs is 1. The van der Waals surface area contributed by atoms with Gasteiger partial charge in [-0.2, -0.15) is 0 Å². The third kappa shape index (κ3) is 5.35. The van der Waals surface area contributed by atoms with E-state index >= 15 is 0 Å². The number of hydrogen-bond donors (Lipinski definition) is 1. The van der Waals surface area contributed by atoms with E-state index in [9.17, 15) is 9.59 Å².